The summed E-state index contributed by atoms with van der Waals surface area (Å²) in [7, 11) is 0. The van der Waals surface area contributed by atoms with Crippen LogP contribution in [0.3, 0.4) is 0 Å². The summed E-state index contributed by atoms with van der Waals surface area (Å²) in [6.07, 6.45) is 0. The second-order valence-corrected chi connectivity index (χ2v) is 6.63. The van der Waals surface area contributed by atoms with Crippen molar-refractivity contribution in [2.45, 2.75) is 13.8 Å². The average molecular weight is 351 g/mol. The van der Waals surface area contributed by atoms with E-state index < -0.39 is 0 Å². The minimum atomic E-state index is -0.284. The molecule has 0 saturated carbocycles. The van der Waals surface area contributed by atoms with Gasteiger partial charge in [-0.2, -0.15) is 5.10 Å². The van der Waals surface area contributed by atoms with Gasteiger partial charge in [0.05, 0.1) is 16.9 Å². The van der Waals surface area contributed by atoms with Crippen LogP contribution in [-0.2, 0) is 0 Å². The van der Waals surface area contributed by atoms with Crippen molar-refractivity contribution in [3.63, 3.8) is 0 Å². The largest absolute Gasteiger partial charge is 0.232 e. The Bertz CT molecular complexity index is 1080. The van der Waals surface area contributed by atoms with Gasteiger partial charge in [-0.25, -0.2) is 8.91 Å². The van der Waals surface area contributed by atoms with E-state index in [0.717, 1.165) is 33.6 Å². The van der Waals surface area contributed by atoms with Crippen molar-refractivity contribution in [3.05, 3.63) is 82.8 Å². The minimum Gasteiger partial charge on any atom is -0.232 e. The first kappa shape index (κ1) is 15.9. The van der Waals surface area contributed by atoms with Gasteiger partial charge in [-0.05, 0) is 43.7 Å². The van der Waals surface area contributed by atoms with Crippen LogP contribution in [0.4, 0.5) is 4.39 Å². The Morgan fingerprint density at radius 1 is 0.920 bits per heavy atom. The van der Waals surface area contributed by atoms with Crippen LogP contribution in [0.5, 0.6) is 0 Å². The molecule has 0 radical (unpaired) electrons. The van der Waals surface area contributed by atoms with Gasteiger partial charge in [0.2, 0.25) is 0 Å². The Morgan fingerprint density at radius 2 is 1.68 bits per heavy atom. The number of benzene rings is 2. The zero-order chi connectivity index (χ0) is 17.6. The van der Waals surface area contributed by atoms with Crippen LogP contribution >= 0.6 is 11.6 Å². The quantitative estimate of drug-likeness (QED) is 0.428. The van der Waals surface area contributed by atoms with Gasteiger partial charge in [0.25, 0.3) is 0 Å². The smallest absolute Gasteiger partial charge is 0.123 e. The van der Waals surface area contributed by atoms with Gasteiger partial charge >= 0.3 is 0 Å². The predicted octanol–water partition coefficient (Wildman–Crippen LogP) is 6.08. The molecular formula is C21H16ClFN2. The number of pyridine rings is 1. The lowest BCUT2D eigenvalue weighted by Gasteiger charge is -2.08. The van der Waals surface area contributed by atoms with E-state index in [4.69, 9.17) is 16.7 Å². The topological polar surface area (TPSA) is 17.3 Å². The number of aromatic nitrogens is 2. The fourth-order valence-corrected chi connectivity index (χ4v) is 3.36. The Labute approximate surface area is 150 Å². The molecule has 0 atom stereocenters. The summed E-state index contributed by atoms with van der Waals surface area (Å²) in [5, 5.41) is 5.29. The lowest BCUT2D eigenvalue weighted by atomic mass is 10.0. The van der Waals surface area contributed by atoms with Crippen LogP contribution in [0.25, 0.3) is 27.9 Å². The third kappa shape index (κ3) is 2.81. The molecule has 0 N–H and O–H groups in total. The van der Waals surface area contributed by atoms with Crippen LogP contribution < -0.4 is 0 Å². The van der Waals surface area contributed by atoms with Crippen LogP contribution in [0, 0.1) is 19.7 Å². The standard InChI is InChI=1S/C21H16ClFN2/c1-13-6-8-15(9-7-13)21-14(2)24-25-19(11-17(22)12-20(21)25)16-4-3-5-18(23)10-16/h3-12H,1-2H3. The Hall–Kier alpha value is -2.65. The highest BCUT2D eigenvalue weighted by Gasteiger charge is 2.16. The fourth-order valence-electron chi connectivity index (χ4n) is 3.16. The molecule has 2 nitrogen and oxygen atoms in total. The number of halogens is 2. The zero-order valence-electron chi connectivity index (χ0n) is 13.9. The van der Waals surface area contributed by atoms with Crippen molar-refractivity contribution < 1.29 is 4.39 Å². The van der Waals surface area contributed by atoms with Crippen LogP contribution in [0.1, 0.15) is 11.3 Å². The highest BCUT2D eigenvalue weighted by molar-refractivity contribution is 6.31. The van der Waals surface area contributed by atoms with E-state index in [9.17, 15) is 4.39 Å². The molecule has 0 fully saturated rings. The zero-order valence-corrected chi connectivity index (χ0v) is 14.7. The number of fused-ring (bicyclic) bond motifs is 1. The molecule has 0 saturated heterocycles. The van der Waals surface area contributed by atoms with Crippen molar-refractivity contribution in [1.82, 2.24) is 9.61 Å². The number of hydrogen-bond donors (Lipinski definition) is 0. The summed E-state index contributed by atoms with van der Waals surface area (Å²) in [5.74, 6) is -0.284. The SMILES string of the molecule is Cc1ccc(-c2c(C)nn3c(-c4cccc(F)c4)cc(Cl)cc23)cc1. The van der Waals surface area contributed by atoms with E-state index in [2.05, 4.69) is 31.2 Å². The molecule has 4 heteroatoms. The summed E-state index contributed by atoms with van der Waals surface area (Å²) in [4.78, 5) is 0. The van der Waals surface area contributed by atoms with E-state index in [1.54, 1.807) is 6.07 Å². The summed E-state index contributed by atoms with van der Waals surface area (Å²) >= 11 is 6.37. The normalized spacial score (nSPS) is 11.2. The second-order valence-electron chi connectivity index (χ2n) is 6.19. The summed E-state index contributed by atoms with van der Waals surface area (Å²) in [6, 6.07) is 18.5. The summed E-state index contributed by atoms with van der Waals surface area (Å²) in [6.45, 7) is 4.04. The van der Waals surface area contributed by atoms with Gasteiger partial charge < -0.3 is 0 Å². The molecule has 4 aromatic rings. The molecule has 0 amide bonds. The molecule has 0 unspecified atom stereocenters. The first-order valence-electron chi connectivity index (χ1n) is 8.05. The highest BCUT2D eigenvalue weighted by Crippen LogP contribution is 2.33. The first-order valence-corrected chi connectivity index (χ1v) is 8.42. The molecule has 2 heterocycles. The maximum atomic E-state index is 13.7. The maximum absolute atomic E-state index is 13.7. The van der Waals surface area contributed by atoms with Gasteiger partial charge in [0, 0.05) is 16.1 Å². The van der Waals surface area contributed by atoms with Gasteiger partial charge in [0.15, 0.2) is 0 Å². The molecule has 4 rings (SSSR count). The number of aryl methyl sites for hydroxylation is 2. The molecule has 0 aliphatic heterocycles. The molecule has 2 aromatic carbocycles. The molecule has 0 aliphatic rings. The van der Waals surface area contributed by atoms with Gasteiger partial charge in [-0.15, -0.1) is 0 Å². The van der Waals surface area contributed by atoms with E-state index >= 15 is 0 Å². The van der Waals surface area contributed by atoms with Crippen LogP contribution in [0.15, 0.2) is 60.7 Å². The minimum absolute atomic E-state index is 0.284. The van der Waals surface area contributed by atoms with Crippen molar-refractivity contribution >= 4 is 17.1 Å². The average Bonchev–Trinajstić information content (AvgIpc) is 2.91. The molecule has 0 aliphatic carbocycles. The number of hydrogen-bond acceptors (Lipinski definition) is 1. The highest BCUT2D eigenvalue weighted by atomic mass is 35.5. The van der Waals surface area contributed by atoms with E-state index in [1.165, 1.54) is 17.7 Å². The Morgan fingerprint density at radius 3 is 2.40 bits per heavy atom. The van der Waals surface area contributed by atoms with Crippen molar-refractivity contribution in [1.29, 1.82) is 0 Å². The molecule has 124 valence electrons. The second kappa shape index (κ2) is 6.01. The molecule has 2 aromatic heterocycles. The monoisotopic (exact) mass is 350 g/mol. The van der Waals surface area contributed by atoms with Crippen LogP contribution in [0.2, 0.25) is 5.02 Å². The number of rotatable bonds is 2. The van der Waals surface area contributed by atoms with E-state index in [-0.39, 0.29) is 5.82 Å². The Balaban J connectivity index is 2.02. The maximum Gasteiger partial charge on any atom is 0.123 e. The van der Waals surface area contributed by atoms with Crippen molar-refractivity contribution in [2.75, 3.05) is 0 Å². The summed E-state index contributed by atoms with van der Waals surface area (Å²) in [5.41, 5.74) is 6.66. The molecular weight excluding hydrogens is 335 g/mol. The lowest BCUT2D eigenvalue weighted by molar-refractivity contribution is 0.628. The van der Waals surface area contributed by atoms with Crippen molar-refractivity contribution in [2.24, 2.45) is 0 Å². The van der Waals surface area contributed by atoms with Crippen molar-refractivity contribution in [3.8, 4) is 22.4 Å². The predicted molar refractivity (Wildman–Crippen MR) is 101 cm³/mol. The van der Waals surface area contributed by atoms with E-state index in [0.29, 0.717) is 5.02 Å². The van der Waals surface area contributed by atoms with Gasteiger partial charge in [-0.1, -0.05) is 53.6 Å². The first-order chi connectivity index (χ1) is 12.0. The molecule has 0 bridgehead atoms. The molecule has 0 spiro atoms. The number of nitrogens with zero attached hydrogens (tertiary/aromatic N) is 2. The van der Waals surface area contributed by atoms with Gasteiger partial charge in [0.1, 0.15) is 5.82 Å². The fraction of sp³-hybridized carbons (Fsp3) is 0.0952. The third-order valence-electron chi connectivity index (χ3n) is 4.33. The molecule has 25 heavy (non-hydrogen) atoms. The van der Waals surface area contributed by atoms with Crippen LogP contribution in [-0.4, -0.2) is 9.61 Å². The van der Waals surface area contributed by atoms with E-state index in [1.807, 2.05) is 29.6 Å². The Kier molecular flexibility index (Phi) is 3.81. The van der Waals surface area contributed by atoms with Gasteiger partial charge in [-0.3, -0.25) is 0 Å². The third-order valence-corrected chi connectivity index (χ3v) is 4.55. The lowest BCUT2D eigenvalue weighted by Crippen LogP contribution is -1.95. The summed E-state index contributed by atoms with van der Waals surface area (Å²) < 4.78 is 15.5.